The highest BCUT2D eigenvalue weighted by atomic mass is 16.5. The zero-order valence-electron chi connectivity index (χ0n) is 11.0. The Hall–Kier alpha value is -2.26. The Morgan fingerprint density at radius 2 is 1.95 bits per heavy atom. The molecule has 0 N–H and O–H groups in total. The zero-order valence-corrected chi connectivity index (χ0v) is 11.0. The Kier molecular flexibility index (Phi) is 5.64. The van der Waals surface area contributed by atoms with Gasteiger partial charge in [-0.05, 0) is 18.4 Å². The van der Waals surface area contributed by atoms with E-state index >= 15 is 0 Å². The standard InChI is InChI=1S/C14H16N2O3/c1-3-19-14(18)13(16-15)12(17)9-10(2)11-7-5-4-6-8-11/h4-8,10H,3,9H2,1-2H3/t10-/m0/s1. The fraction of sp³-hybridized carbons (Fsp3) is 0.357. The van der Waals surface area contributed by atoms with Gasteiger partial charge in [-0.15, -0.1) is 0 Å². The predicted octanol–water partition coefficient (Wildman–Crippen LogP) is 1.98. The molecule has 1 atom stereocenters. The van der Waals surface area contributed by atoms with Crippen molar-refractivity contribution in [3.63, 3.8) is 0 Å². The lowest BCUT2D eigenvalue weighted by atomic mass is 9.94. The van der Waals surface area contributed by atoms with Gasteiger partial charge < -0.3 is 10.3 Å². The van der Waals surface area contributed by atoms with Crippen LogP contribution >= 0.6 is 0 Å². The molecule has 5 nitrogen and oxygen atoms in total. The Labute approximate surface area is 111 Å². The molecule has 1 aromatic carbocycles. The van der Waals surface area contributed by atoms with Crippen molar-refractivity contribution in [2.45, 2.75) is 26.2 Å². The third-order valence-corrected chi connectivity index (χ3v) is 2.69. The molecule has 100 valence electrons. The topological polar surface area (TPSA) is 79.8 Å². The second-order valence-electron chi connectivity index (χ2n) is 4.11. The molecule has 0 saturated carbocycles. The van der Waals surface area contributed by atoms with Crippen molar-refractivity contribution in [2.24, 2.45) is 0 Å². The van der Waals surface area contributed by atoms with Gasteiger partial charge in [0.05, 0.1) is 6.61 Å². The Morgan fingerprint density at radius 3 is 2.47 bits per heavy atom. The molecule has 1 rings (SSSR count). The highest BCUT2D eigenvalue weighted by molar-refractivity contribution is 6.62. The van der Waals surface area contributed by atoms with Crippen LogP contribution in [0.2, 0.25) is 0 Å². The van der Waals surface area contributed by atoms with Gasteiger partial charge in [0.25, 0.3) is 5.78 Å². The predicted molar refractivity (Wildman–Crippen MR) is 69.7 cm³/mol. The number of hydrogen-bond acceptors (Lipinski definition) is 3. The molecule has 1 aromatic rings. The van der Waals surface area contributed by atoms with Crippen LogP contribution in [0.25, 0.3) is 5.53 Å². The van der Waals surface area contributed by atoms with Crippen LogP contribution in [0.4, 0.5) is 0 Å². The summed E-state index contributed by atoms with van der Waals surface area (Å²) in [6.45, 7) is 3.61. The van der Waals surface area contributed by atoms with Crippen LogP contribution < -0.4 is 0 Å². The maximum Gasteiger partial charge on any atom is 0.441 e. The summed E-state index contributed by atoms with van der Waals surface area (Å²) < 4.78 is 4.65. The molecule has 0 amide bonds. The highest BCUT2D eigenvalue weighted by Crippen LogP contribution is 2.18. The molecule has 0 fully saturated rings. The molecule has 0 spiro atoms. The van der Waals surface area contributed by atoms with Crippen LogP contribution in [0.5, 0.6) is 0 Å². The number of nitrogens with zero attached hydrogens (tertiary/aromatic N) is 2. The smallest absolute Gasteiger partial charge is 0.441 e. The summed E-state index contributed by atoms with van der Waals surface area (Å²) in [4.78, 5) is 26.0. The highest BCUT2D eigenvalue weighted by Gasteiger charge is 2.31. The largest absolute Gasteiger partial charge is 0.457 e. The minimum Gasteiger partial charge on any atom is -0.457 e. The number of rotatable bonds is 6. The normalized spacial score (nSPS) is 11.3. The number of ketones is 1. The van der Waals surface area contributed by atoms with E-state index in [0.29, 0.717) is 0 Å². The van der Waals surface area contributed by atoms with E-state index in [9.17, 15) is 9.59 Å². The van der Waals surface area contributed by atoms with Crippen LogP contribution in [0.1, 0.15) is 31.7 Å². The summed E-state index contributed by atoms with van der Waals surface area (Å²) in [5.41, 5.74) is 9.18. The second kappa shape index (κ2) is 7.24. The van der Waals surface area contributed by atoms with E-state index in [4.69, 9.17) is 5.53 Å². The summed E-state index contributed by atoms with van der Waals surface area (Å²) in [7, 11) is 0. The first-order valence-corrected chi connectivity index (χ1v) is 6.07. The molecule has 0 heterocycles. The van der Waals surface area contributed by atoms with Gasteiger partial charge in [-0.25, -0.2) is 4.79 Å². The number of carbonyl (C=O) groups excluding carboxylic acids is 2. The van der Waals surface area contributed by atoms with E-state index in [1.165, 1.54) is 0 Å². The molecule has 0 radical (unpaired) electrons. The molecular weight excluding hydrogens is 244 g/mol. The van der Waals surface area contributed by atoms with Crippen LogP contribution in [0.15, 0.2) is 30.3 Å². The van der Waals surface area contributed by atoms with Crippen molar-refractivity contribution in [1.82, 2.24) is 0 Å². The lowest BCUT2D eigenvalue weighted by Gasteiger charge is -2.08. The number of Topliss-reactive ketones (excluding diaryl/α,β-unsaturated/α-hetero) is 1. The summed E-state index contributed by atoms with van der Waals surface area (Å²) in [6.07, 6.45) is 0.0855. The molecule has 0 aliphatic carbocycles. The quantitative estimate of drug-likeness (QED) is 0.258. The fourth-order valence-corrected chi connectivity index (χ4v) is 1.68. The summed E-state index contributed by atoms with van der Waals surface area (Å²) in [6, 6.07) is 9.44. The van der Waals surface area contributed by atoms with Crippen molar-refractivity contribution >= 4 is 17.5 Å². The SMILES string of the molecule is CCOC(=O)C(=[N+]=[N-])C(=O)C[C@H](C)c1ccccc1. The second-order valence-corrected chi connectivity index (χ2v) is 4.11. The third-order valence-electron chi connectivity index (χ3n) is 2.69. The van der Waals surface area contributed by atoms with Crippen LogP contribution in [-0.2, 0) is 14.3 Å². The average Bonchev–Trinajstić information content (AvgIpc) is 2.40. The maximum atomic E-state index is 11.9. The molecule has 5 heteroatoms. The molecule has 0 aliphatic heterocycles. The Morgan fingerprint density at radius 1 is 1.32 bits per heavy atom. The number of hydrogen-bond donors (Lipinski definition) is 0. The first-order chi connectivity index (χ1) is 9.10. The number of esters is 1. The first-order valence-electron chi connectivity index (χ1n) is 6.07. The van der Waals surface area contributed by atoms with Crippen molar-refractivity contribution in [1.29, 1.82) is 0 Å². The number of carbonyl (C=O) groups is 2. The van der Waals surface area contributed by atoms with Gasteiger partial charge in [-0.3, -0.25) is 4.79 Å². The maximum absolute atomic E-state index is 11.9. The monoisotopic (exact) mass is 260 g/mol. The molecule has 0 unspecified atom stereocenters. The summed E-state index contributed by atoms with van der Waals surface area (Å²) in [5.74, 6) is -1.49. The van der Waals surface area contributed by atoms with E-state index in [-0.39, 0.29) is 18.9 Å². The van der Waals surface area contributed by atoms with Crippen LogP contribution in [-0.4, -0.2) is 28.9 Å². The van der Waals surface area contributed by atoms with Gasteiger partial charge in [0.1, 0.15) is 0 Å². The number of ether oxygens (including phenoxy) is 1. The summed E-state index contributed by atoms with van der Waals surface area (Å²) in [5, 5.41) is 0. The molecule has 0 aromatic heterocycles. The van der Waals surface area contributed by atoms with E-state index in [0.717, 1.165) is 5.56 Å². The molecule has 19 heavy (non-hydrogen) atoms. The number of benzene rings is 1. The van der Waals surface area contributed by atoms with Gasteiger partial charge >= 0.3 is 11.7 Å². The minimum atomic E-state index is -0.893. The van der Waals surface area contributed by atoms with Gasteiger partial charge in [0.2, 0.25) is 0 Å². The van der Waals surface area contributed by atoms with Crippen LogP contribution in [0, 0.1) is 0 Å². The van der Waals surface area contributed by atoms with Gasteiger partial charge in [-0.1, -0.05) is 37.3 Å². The Balaban J connectivity index is 2.74. The average molecular weight is 260 g/mol. The van der Waals surface area contributed by atoms with Gasteiger partial charge in [0, 0.05) is 6.42 Å². The van der Waals surface area contributed by atoms with Crippen molar-refractivity contribution in [3.05, 3.63) is 41.4 Å². The molecule has 0 saturated heterocycles. The third kappa shape index (κ3) is 4.16. The molecule has 0 bridgehead atoms. The van der Waals surface area contributed by atoms with E-state index in [1.54, 1.807) is 6.92 Å². The van der Waals surface area contributed by atoms with Crippen LogP contribution in [0.3, 0.4) is 0 Å². The zero-order chi connectivity index (χ0) is 14.3. The van der Waals surface area contributed by atoms with Crippen molar-refractivity contribution in [2.75, 3.05) is 6.61 Å². The lowest BCUT2D eigenvalue weighted by Crippen LogP contribution is -2.28. The Bertz CT molecular complexity index is 505. The molecule has 0 aliphatic rings. The summed E-state index contributed by atoms with van der Waals surface area (Å²) >= 11 is 0. The van der Waals surface area contributed by atoms with Crippen molar-refractivity contribution < 1.29 is 19.1 Å². The minimum absolute atomic E-state index is 0.0696. The van der Waals surface area contributed by atoms with E-state index in [2.05, 4.69) is 9.53 Å². The first kappa shape index (κ1) is 14.8. The lowest BCUT2D eigenvalue weighted by molar-refractivity contribution is -0.141. The van der Waals surface area contributed by atoms with E-state index < -0.39 is 17.5 Å². The molecular formula is C14H16N2O3. The van der Waals surface area contributed by atoms with Gasteiger partial charge in [0.15, 0.2) is 0 Å². The van der Waals surface area contributed by atoms with Gasteiger partial charge in [-0.2, -0.15) is 4.79 Å². The van der Waals surface area contributed by atoms with E-state index in [1.807, 2.05) is 37.3 Å². The van der Waals surface area contributed by atoms with Crippen molar-refractivity contribution in [3.8, 4) is 0 Å². The fourth-order valence-electron chi connectivity index (χ4n) is 1.68.